The molecule has 0 saturated heterocycles. The van der Waals surface area contributed by atoms with Gasteiger partial charge in [0.2, 0.25) is 5.95 Å². The Morgan fingerprint density at radius 2 is 2.13 bits per heavy atom. The maximum atomic E-state index is 6.14. The van der Waals surface area contributed by atoms with Crippen molar-refractivity contribution in [3.8, 4) is 0 Å². The van der Waals surface area contributed by atoms with Crippen LogP contribution in [-0.2, 0) is 0 Å². The minimum absolute atomic E-state index is 0.0971. The molecule has 84 valence electrons. The van der Waals surface area contributed by atoms with E-state index in [0.717, 1.165) is 18.1 Å². The van der Waals surface area contributed by atoms with Gasteiger partial charge in [0.05, 0.1) is 5.69 Å². The van der Waals surface area contributed by atoms with Gasteiger partial charge in [0.25, 0.3) is 0 Å². The second kappa shape index (κ2) is 5.31. The minimum atomic E-state index is 0.0971. The number of aromatic nitrogens is 2. The molecule has 0 aliphatic rings. The molecule has 0 aromatic carbocycles. The summed E-state index contributed by atoms with van der Waals surface area (Å²) >= 11 is 6.14. The van der Waals surface area contributed by atoms with Crippen LogP contribution in [0.4, 0.5) is 5.95 Å². The lowest BCUT2D eigenvalue weighted by atomic mass is 9.99. The summed E-state index contributed by atoms with van der Waals surface area (Å²) in [5.41, 5.74) is 1.03. The Hall–Kier alpha value is -0.830. The average molecular weight is 228 g/mol. The van der Waals surface area contributed by atoms with E-state index in [1.807, 2.05) is 32.0 Å². The van der Waals surface area contributed by atoms with E-state index < -0.39 is 0 Å². The molecule has 1 rings (SSSR count). The van der Waals surface area contributed by atoms with E-state index in [4.69, 9.17) is 11.6 Å². The Bertz CT molecular complexity index is 312. The number of anilines is 1. The zero-order valence-electron chi connectivity index (χ0n) is 9.74. The third kappa shape index (κ3) is 3.06. The first-order valence-electron chi connectivity index (χ1n) is 5.20. The summed E-state index contributed by atoms with van der Waals surface area (Å²) in [6.45, 7) is 4.13. The summed E-state index contributed by atoms with van der Waals surface area (Å²) in [5, 5.41) is 0.0971. The van der Waals surface area contributed by atoms with Gasteiger partial charge in [0, 0.05) is 31.6 Å². The maximum absolute atomic E-state index is 6.14. The first-order valence-corrected chi connectivity index (χ1v) is 5.64. The van der Waals surface area contributed by atoms with E-state index in [2.05, 4.69) is 16.9 Å². The quantitative estimate of drug-likeness (QED) is 0.741. The van der Waals surface area contributed by atoms with Crippen LogP contribution in [-0.4, -0.2) is 29.4 Å². The fourth-order valence-electron chi connectivity index (χ4n) is 1.55. The van der Waals surface area contributed by atoms with Gasteiger partial charge in [-0.2, -0.15) is 0 Å². The average Bonchev–Trinajstić information content (AvgIpc) is 2.18. The zero-order valence-corrected chi connectivity index (χ0v) is 10.5. The lowest BCUT2D eigenvalue weighted by Crippen LogP contribution is -2.16. The highest BCUT2D eigenvalue weighted by atomic mass is 35.5. The Morgan fingerprint density at radius 1 is 1.47 bits per heavy atom. The summed E-state index contributed by atoms with van der Waals surface area (Å²) < 4.78 is 0. The van der Waals surface area contributed by atoms with Crippen LogP contribution in [0.1, 0.15) is 31.9 Å². The SMILES string of the molecule is CCC(c1ccnc(N(C)C)n1)C(C)Cl. The highest BCUT2D eigenvalue weighted by Gasteiger charge is 2.17. The lowest BCUT2D eigenvalue weighted by Gasteiger charge is -2.18. The molecular formula is C11H18ClN3. The third-order valence-corrected chi connectivity index (χ3v) is 2.74. The number of nitrogens with zero attached hydrogens (tertiary/aromatic N) is 3. The van der Waals surface area contributed by atoms with E-state index in [0.29, 0.717) is 5.92 Å². The first kappa shape index (κ1) is 12.2. The summed E-state index contributed by atoms with van der Waals surface area (Å²) in [7, 11) is 3.87. The van der Waals surface area contributed by atoms with Gasteiger partial charge in [-0.25, -0.2) is 9.97 Å². The summed E-state index contributed by atoms with van der Waals surface area (Å²) in [4.78, 5) is 10.6. The van der Waals surface area contributed by atoms with E-state index in [1.54, 1.807) is 6.20 Å². The zero-order chi connectivity index (χ0) is 11.4. The summed E-state index contributed by atoms with van der Waals surface area (Å²) in [6, 6.07) is 1.94. The van der Waals surface area contributed by atoms with Crippen LogP contribution >= 0.6 is 11.6 Å². The molecule has 0 spiro atoms. The van der Waals surface area contributed by atoms with Crippen molar-refractivity contribution in [3.05, 3.63) is 18.0 Å². The van der Waals surface area contributed by atoms with E-state index >= 15 is 0 Å². The number of rotatable bonds is 4. The van der Waals surface area contributed by atoms with Gasteiger partial charge in [-0.1, -0.05) is 6.92 Å². The molecular weight excluding hydrogens is 210 g/mol. The van der Waals surface area contributed by atoms with Crippen LogP contribution in [0, 0.1) is 0 Å². The van der Waals surface area contributed by atoms with Crippen LogP contribution in [0.2, 0.25) is 0 Å². The highest BCUT2D eigenvalue weighted by Crippen LogP contribution is 2.25. The van der Waals surface area contributed by atoms with Gasteiger partial charge in [0.1, 0.15) is 0 Å². The second-order valence-corrected chi connectivity index (χ2v) is 4.56. The van der Waals surface area contributed by atoms with Crippen molar-refractivity contribution in [2.45, 2.75) is 31.6 Å². The van der Waals surface area contributed by atoms with E-state index in [1.165, 1.54) is 0 Å². The summed E-state index contributed by atoms with van der Waals surface area (Å²) in [6.07, 6.45) is 2.79. The van der Waals surface area contributed by atoms with Crippen LogP contribution in [0.5, 0.6) is 0 Å². The van der Waals surface area contributed by atoms with Crippen molar-refractivity contribution in [2.24, 2.45) is 0 Å². The Balaban J connectivity index is 2.98. The molecule has 1 aromatic rings. The fourth-order valence-corrected chi connectivity index (χ4v) is 1.86. The molecule has 0 saturated carbocycles. The van der Waals surface area contributed by atoms with Crippen LogP contribution in [0.15, 0.2) is 12.3 Å². The van der Waals surface area contributed by atoms with E-state index in [-0.39, 0.29) is 5.38 Å². The Labute approximate surface area is 96.5 Å². The number of halogens is 1. The van der Waals surface area contributed by atoms with Crippen LogP contribution in [0.25, 0.3) is 0 Å². The maximum Gasteiger partial charge on any atom is 0.224 e. The topological polar surface area (TPSA) is 29.0 Å². The predicted molar refractivity (Wildman–Crippen MR) is 64.7 cm³/mol. The Kier molecular flexibility index (Phi) is 4.33. The molecule has 0 radical (unpaired) electrons. The summed E-state index contributed by atoms with van der Waals surface area (Å²) in [5.74, 6) is 1.04. The van der Waals surface area contributed by atoms with Gasteiger partial charge in [-0.15, -0.1) is 11.6 Å². The van der Waals surface area contributed by atoms with Gasteiger partial charge in [-0.3, -0.25) is 0 Å². The molecule has 0 N–H and O–H groups in total. The fraction of sp³-hybridized carbons (Fsp3) is 0.636. The normalized spacial score (nSPS) is 14.7. The monoisotopic (exact) mass is 227 g/mol. The lowest BCUT2D eigenvalue weighted by molar-refractivity contribution is 0.628. The largest absolute Gasteiger partial charge is 0.347 e. The molecule has 2 atom stereocenters. The smallest absolute Gasteiger partial charge is 0.224 e. The molecule has 0 bridgehead atoms. The van der Waals surface area contributed by atoms with Crippen LogP contribution < -0.4 is 4.90 Å². The Morgan fingerprint density at radius 3 is 2.60 bits per heavy atom. The third-order valence-electron chi connectivity index (χ3n) is 2.44. The molecule has 0 fully saturated rings. The predicted octanol–water partition coefficient (Wildman–Crippen LogP) is 2.66. The van der Waals surface area contributed by atoms with Crippen molar-refractivity contribution in [2.75, 3.05) is 19.0 Å². The number of hydrogen-bond acceptors (Lipinski definition) is 3. The van der Waals surface area contributed by atoms with Crippen molar-refractivity contribution in [3.63, 3.8) is 0 Å². The molecule has 0 amide bonds. The molecule has 0 aliphatic heterocycles. The van der Waals surface area contributed by atoms with Crippen molar-refractivity contribution in [1.29, 1.82) is 0 Å². The molecule has 3 nitrogen and oxygen atoms in total. The van der Waals surface area contributed by atoms with Crippen molar-refractivity contribution >= 4 is 17.5 Å². The van der Waals surface area contributed by atoms with Gasteiger partial charge >= 0.3 is 0 Å². The van der Waals surface area contributed by atoms with Crippen molar-refractivity contribution in [1.82, 2.24) is 9.97 Å². The molecule has 1 aromatic heterocycles. The molecule has 15 heavy (non-hydrogen) atoms. The van der Waals surface area contributed by atoms with Crippen molar-refractivity contribution < 1.29 is 0 Å². The first-order chi connectivity index (χ1) is 7.06. The van der Waals surface area contributed by atoms with E-state index in [9.17, 15) is 0 Å². The molecule has 4 heteroatoms. The van der Waals surface area contributed by atoms with Gasteiger partial charge in [-0.05, 0) is 19.4 Å². The minimum Gasteiger partial charge on any atom is -0.347 e. The van der Waals surface area contributed by atoms with Gasteiger partial charge in [0.15, 0.2) is 0 Å². The highest BCUT2D eigenvalue weighted by molar-refractivity contribution is 6.20. The molecule has 2 unspecified atom stereocenters. The second-order valence-electron chi connectivity index (χ2n) is 3.87. The van der Waals surface area contributed by atoms with Gasteiger partial charge < -0.3 is 4.90 Å². The molecule has 0 aliphatic carbocycles. The number of alkyl halides is 1. The standard InChI is InChI=1S/C11H18ClN3/c1-5-9(8(2)12)10-6-7-13-11(14-10)15(3)4/h6-9H,5H2,1-4H3. The van der Waals surface area contributed by atoms with Crippen LogP contribution in [0.3, 0.4) is 0 Å². The number of hydrogen-bond donors (Lipinski definition) is 0. The molecule has 1 heterocycles.